The van der Waals surface area contributed by atoms with Gasteiger partial charge in [0.1, 0.15) is 11.9 Å². The number of hydrogen-bond donors (Lipinski definition) is 4. The van der Waals surface area contributed by atoms with Crippen LogP contribution in [0.1, 0.15) is 51.5 Å². The molecule has 8 heteroatoms. The lowest BCUT2D eigenvalue weighted by Gasteiger charge is -2.32. The second-order valence-corrected chi connectivity index (χ2v) is 9.20. The van der Waals surface area contributed by atoms with Crippen LogP contribution in [0.15, 0.2) is 18.2 Å². The van der Waals surface area contributed by atoms with Crippen LogP contribution in [-0.2, 0) is 11.2 Å². The summed E-state index contributed by atoms with van der Waals surface area (Å²) in [5.74, 6) is 0.671. The molecule has 2 aliphatic rings. The second-order valence-electron chi connectivity index (χ2n) is 9.20. The highest BCUT2D eigenvalue weighted by Gasteiger charge is 2.30. The minimum Gasteiger partial charge on any atom is -0.488 e. The minimum atomic E-state index is -0.274. The molecule has 0 unspecified atom stereocenters. The van der Waals surface area contributed by atoms with Gasteiger partial charge < -0.3 is 30.7 Å². The number of nitrogens with one attached hydrogen (secondary N) is 3. The van der Waals surface area contributed by atoms with E-state index in [2.05, 4.69) is 22.9 Å². The summed E-state index contributed by atoms with van der Waals surface area (Å²) in [5, 5.41) is 18.8. The van der Waals surface area contributed by atoms with E-state index in [1.807, 2.05) is 32.2 Å². The van der Waals surface area contributed by atoms with Crippen LogP contribution >= 0.6 is 0 Å². The van der Waals surface area contributed by atoms with Gasteiger partial charge in [0.25, 0.3) is 0 Å². The van der Waals surface area contributed by atoms with Crippen LogP contribution in [0.25, 0.3) is 0 Å². The molecule has 1 aromatic carbocycles. The highest BCUT2D eigenvalue weighted by atomic mass is 16.5. The van der Waals surface area contributed by atoms with Crippen molar-refractivity contribution < 1.29 is 19.4 Å². The number of carbonyl (C=O) groups excluding carboxylic acids is 2. The number of nitrogens with zero attached hydrogens (tertiary/aromatic N) is 1. The van der Waals surface area contributed by atoms with Gasteiger partial charge in [-0.05, 0) is 45.0 Å². The number of anilines is 1. The van der Waals surface area contributed by atoms with Crippen molar-refractivity contribution >= 4 is 17.6 Å². The third-order valence-corrected chi connectivity index (χ3v) is 6.52. The number of amides is 3. The van der Waals surface area contributed by atoms with E-state index in [4.69, 9.17) is 4.74 Å². The fraction of sp³-hybridized carbons (Fsp3) is 0.667. The zero-order valence-corrected chi connectivity index (χ0v) is 19.5. The Morgan fingerprint density at radius 1 is 1.28 bits per heavy atom. The first-order valence-corrected chi connectivity index (χ1v) is 11.8. The Hall–Kier alpha value is -2.32. The van der Waals surface area contributed by atoms with Crippen molar-refractivity contribution in [1.29, 1.82) is 0 Å². The van der Waals surface area contributed by atoms with Gasteiger partial charge in [0.05, 0.1) is 19.1 Å². The van der Waals surface area contributed by atoms with E-state index in [1.165, 1.54) is 6.42 Å². The Kier molecular flexibility index (Phi) is 8.75. The molecule has 3 atom stereocenters. The molecular weight excluding hydrogens is 408 g/mol. The number of rotatable bonds is 6. The first-order chi connectivity index (χ1) is 15.4. The van der Waals surface area contributed by atoms with Gasteiger partial charge in [-0.1, -0.05) is 26.2 Å². The van der Waals surface area contributed by atoms with Gasteiger partial charge in [-0.15, -0.1) is 0 Å². The maximum atomic E-state index is 13.1. The lowest BCUT2D eigenvalue weighted by atomic mass is 9.96. The maximum Gasteiger partial charge on any atom is 0.319 e. The van der Waals surface area contributed by atoms with Gasteiger partial charge in [0.2, 0.25) is 5.91 Å². The molecule has 32 heavy (non-hydrogen) atoms. The van der Waals surface area contributed by atoms with Gasteiger partial charge in [-0.3, -0.25) is 4.79 Å². The molecular formula is C24H38N4O4. The summed E-state index contributed by atoms with van der Waals surface area (Å²) in [6.45, 7) is 4.97. The molecule has 0 aromatic heterocycles. The number of urea groups is 1. The Morgan fingerprint density at radius 2 is 2.03 bits per heavy atom. The third kappa shape index (κ3) is 6.36. The molecule has 0 saturated heterocycles. The fourth-order valence-corrected chi connectivity index (χ4v) is 4.55. The number of aliphatic hydroxyl groups is 1. The summed E-state index contributed by atoms with van der Waals surface area (Å²) < 4.78 is 6.33. The smallest absolute Gasteiger partial charge is 0.319 e. The molecule has 1 aromatic rings. The number of hydrogen-bond acceptors (Lipinski definition) is 5. The van der Waals surface area contributed by atoms with Crippen LogP contribution in [0.3, 0.4) is 0 Å². The summed E-state index contributed by atoms with van der Waals surface area (Å²) >= 11 is 0. The lowest BCUT2D eigenvalue weighted by Crippen LogP contribution is -2.47. The van der Waals surface area contributed by atoms with Crippen molar-refractivity contribution in [2.24, 2.45) is 5.92 Å². The summed E-state index contributed by atoms with van der Waals surface area (Å²) in [4.78, 5) is 27.4. The quantitative estimate of drug-likeness (QED) is 0.538. The Balaban J connectivity index is 1.80. The molecule has 1 fully saturated rings. The molecule has 1 saturated carbocycles. The highest BCUT2D eigenvalue weighted by Crippen LogP contribution is 2.29. The number of likely N-dealkylation sites (N-methyl/N-ethyl adjacent to an activating group) is 1. The first kappa shape index (κ1) is 24.3. The molecule has 3 amide bonds. The SMILES string of the molecule is CNC[C@@H]1Oc2ccc(NC(=O)NC3CCCCC3)cc2CC(=O)N([C@H](C)CO)C[C@H]1C. The monoisotopic (exact) mass is 446 g/mol. The average Bonchev–Trinajstić information content (AvgIpc) is 2.82. The van der Waals surface area contributed by atoms with Gasteiger partial charge in [0.15, 0.2) is 0 Å². The zero-order chi connectivity index (χ0) is 23.1. The highest BCUT2D eigenvalue weighted by molar-refractivity contribution is 5.90. The van der Waals surface area contributed by atoms with Crippen LogP contribution in [0.2, 0.25) is 0 Å². The normalized spacial score (nSPS) is 23.2. The van der Waals surface area contributed by atoms with Crippen molar-refractivity contribution in [3.63, 3.8) is 0 Å². The molecule has 1 heterocycles. The van der Waals surface area contributed by atoms with E-state index in [1.54, 1.807) is 4.90 Å². The van der Waals surface area contributed by atoms with Crippen LogP contribution in [-0.4, -0.2) is 66.9 Å². The van der Waals surface area contributed by atoms with Gasteiger partial charge >= 0.3 is 6.03 Å². The van der Waals surface area contributed by atoms with Gasteiger partial charge in [0, 0.05) is 36.3 Å². The third-order valence-electron chi connectivity index (χ3n) is 6.52. The first-order valence-electron chi connectivity index (χ1n) is 11.8. The standard InChI is InChI=1S/C24H38N4O4/c1-16-14-28(17(2)15-29)23(30)12-18-11-20(9-10-21(18)32-22(16)13-25-3)27-24(31)26-19-7-5-4-6-8-19/h9-11,16-17,19,22,25,29H,4-8,12-15H2,1-3H3,(H2,26,27,31)/t16-,17-,22+/m1/s1. The second kappa shape index (κ2) is 11.5. The minimum absolute atomic E-state index is 0.0582. The van der Waals surface area contributed by atoms with Crippen molar-refractivity contribution in [2.45, 2.75) is 70.6 Å². The molecule has 8 nitrogen and oxygen atoms in total. The van der Waals surface area contributed by atoms with E-state index in [0.29, 0.717) is 24.5 Å². The van der Waals surface area contributed by atoms with Crippen molar-refractivity contribution in [1.82, 2.24) is 15.5 Å². The molecule has 1 aliphatic carbocycles. The van der Waals surface area contributed by atoms with Gasteiger partial charge in [-0.2, -0.15) is 0 Å². The Labute approximate surface area is 191 Å². The molecule has 0 bridgehead atoms. The Bertz CT molecular complexity index is 781. The predicted molar refractivity (Wildman–Crippen MR) is 125 cm³/mol. The molecule has 3 rings (SSSR count). The van der Waals surface area contributed by atoms with E-state index in [9.17, 15) is 14.7 Å². The molecule has 0 spiro atoms. The summed E-state index contributed by atoms with van der Waals surface area (Å²) in [5.41, 5.74) is 1.36. The van der Waals surface area contributed by atoms with Crippen molar-refractivity contribution in [2.75, 3.05) is 32.1 Å². The zero-order valence-electron chi connectivity index (χ0n) is 19.5. The van der Waals surface area contributed by atoms with E-state index >= 15 is 0 Å². The van der Waals surface area contributed by atoms with E-state index in [-0.39, 0.29) is 49.1 Å². The van der Waals surface area contributed by atoms with Crippen LogP contribution in [0, 0.1) is 5.92 Å². The molecule has 4 N–H and O–H groups in total. The Morgan fingerprint density at radius 3 is 2.72 bits per heavy atom. The topological polar surface area (TPSA) is 103 Å². The number of carbonyl (C=O) groups is 2. The van der Waals surface area contributed by atoms with Crippen LogP contribution in [0.4, 0.5) is 10.5 Å². The summed E-state index contributed by atoms with van der Waals surface area (Å²) in [6, 6.07) is 5.20. The molecule has 0 radical (unpaired) electrons. The molecule has 1 aliphatic heterocycles. The van der Waals surface area contributed by atoms with Crippen molar-refractivity contribution in [3.8, 4) is 5.75 Å². The van der Waals surface area contributed by atoms with Gasteiger partial charge in [-0.25, -0.2) is 4.79 Å². The summed E-state index contributed by atoms with van der Waals surface area (Å²) in [6.07, 6.45) is 5.59. The average molecular weight is 447 g/mol. The maximum absolute atomic E-state index is 13.1. The predicted octanol–water partition coefficient (Wildman–Crippen LogP) is 2.51. The largest absolute Gasteiger partial charge is 0.488 e. The van der Waals surface area contributed by atoms with Crippen LogP contribution < -0.4 is 20.7 Å². The lowest BCUT2D eigenvalue weighted by molar-refractivity contribution is -0.134. The number of fused-ring (bicyclic) bond motifs is 1. The van der Waals surface area contributed by atoms with Crippen molar-refractivity contribution in [3.05, 3.63) is 23.8 Å². The summed E-state index contributed by atoms with van der Waals surface area (Å²) in [7, 11) is 1.88. The number of benzene rings is 1. The number of aliphatic hydroxyl groups excluding tert-OH is 1. The fourth-order valence-electron chi connectivity index (χ4n) is 4.55. The number of ether oxygens (including phenoxy) is 1. The van der Waals surface area contributed by atoms with E-state index < -0.39 is 0 Å². The molecule has 178 valence electrons. The van der Waals surface area contributed by atoms with Crippen LogP contribution in [0.5, 0.6) is 5.75 Å². The van der Waals surface area contributed by atoms with E-state index in [0.717, 1.165) is 31.2 Å².